The van der Waals surface area contributed by atoms with E-state index in [0.717, 1.165) is 36.6 Å². The minimum absolute atomic E-state index is 0.107. The van der Waals surface area contributed by atoms with Gasteiger partial charge in [0.15, 0.2) is 5.13 Å². The molecule has 2 aromatic rings. The maximum absolute atomic E-state index is 12.0. The summed E-state index contributed by atoms with van der Waals surface area (Å²) >= 11 is 1.71. The van der Waals surface area contributed by atoms with Crippen LogP contribution in [0.1, 0.15) is 19.8 Å². The molecule has 0 unspecified atom stereocenters. The summed E-state index contributed by atoms with van der Waals surface area (Å²) in [5, 5.41) is 1.04. The van der Waals surface area contributed by atoms with Gasteiger partial charge in [0.2, 0.25) is 10.0 Å². The van der Waals surface area contributed by atoms with E-state index >= 15 is 0 Å². The van der Waals surface area contributed by atoms with Gasteiger partial charge >= 0.3 is 0 Å². The summed E-state index contributed by atoms with van der Waals surface area (Å²) in [4.78, 5) is 6.96. The van der Waals surface area contributed by atoms with E-state index in [1.807, 2.05) is 18.2 Å². The molecule has 1 aromatic carbocycles. The van der Waals surface area contributed by atoms with Crippen molar-refractivity contribution in [2.24, 2.45) is 0 Å². The number of para-hydroxylation sites is 1. The van der Waals surface area contributed by atoms with Gasteiger partial charge in [-0.3, -0.25) is 0 Å². The quantitative estimate of drug-likeness (QED) is 0.859. The number of fused-ring (bicyclic) bond motifs is 1. The van der Waals surface area contributed by atoms with Gasteiger partial charge in [0, 0.05) is 26.2 Å². The summed E-state index contributed by atoms with van der Waals surface area (Å²) in [7, 11) is -1.39. The number of anilines is 1. The van der Waals surface area contributed by atoms with Crippen LogP contribution in [0.25, 0.3) is 10.2 Å². The van der Waals surface area contributed by atoms with Crippen LogP contribution < -0.4 is 4.90 Å². The number of benzene rings is 1. The van der Waals surface area contributed by atoms with Crippen molar-refractivity contribution in [1.82, 2.24) is 9.29 Å². The van der Waals surface area contributed by atoms with Gasteiger partial charge in [-0.15, -0.1) is 0 Å². The van der Waals surface area contributed by atoms with Crippen molar-refractivity contribution in [2.75, 3.05) is 30.8 Å². The highest BCUT2D eigenvalue weighted by Gasteiger charge is 2.29. The topological polar surface area (TPSA) is 53.5 Å². The zero-order valence-electron chi connectivity index (χ0n) is 12.9. The molecule has 0 radical (unpaired) electrons. The molecule has 2 heterocycles. The lowest BCUT2D eigenvalue weighted by atomic mass is 10.1. The molecule has 1 aliphatic rings. The smallest absolute Gasteiger partial charge is 0.213 e. The Morgan fingerprint density at radius 2 is 2.00 bits per heavy atom. The van der Waals surface area contributed by atoms with Gasteiger partial charge in [-0.1, -0.05) is 23.5 Å². The number of rotatable bonds is 4. The van der Waals surface area contributed by atoms with Crippen LogP contribution in [0.2, 0.25) is 0 Å². The maximum Gasteiger partial charge on any atom is 0.213 e. The molecule has 1 aromatic heterocycles. The van der Waals surface area contributed by atoms with Gasteiger partial charge in [-0.05, 0) is 31.9 Å². The molecule has 3 rings (SSSR count). The molecule has 1 saturated heterocycles. The second-order valence-electron chi connectivity index (χ2n) is 5.60. The first-order chi connectivity index (χ1) is 10.5. The Labute approximate surface area is 135 Å². The molecule has 120 valence electrons. The highest BCUT2D eigenvalue weighted by atomic mass is 32.2. The minimum atomic E-state index is -3.10. The number of piperidine rings is 1. The Hall–Kier alpha value is -1.18. The number of hydrogen-bond donors (Lipinski definition) is 0. The van der Waals surface area contributed by atoms with Crippen LogP contribution in [0.15, 0.2) is 24.3 Å². The van der Waals surface area contributed by atoms with Crippen molar-refractivity contribution in [2.45, 2.75) is 25.8 Å². The predicted octanol–water partition coefficient (Wildman–Crippen LogP) is 2.55. The van der Waals surface area contributed by atoms with Gasteiger partial charge < -0.3 is 4.90 Å². The molecule has 0 atom stereocenters. The molecular weight excluding hydrogens is 318 g/mol. The lowest BCUT2D eigenvalue weighted by Gasteiger charge is -2.35. The SMILES string of the molecule is CCS(=O)(=O)N(C)C1CCN(c2nc3ccccc3s2)CC1. The van der Waals surface area contributed by atoms with Gasteiger partial charge in [0.25, 0.3) is 0 Å². The highest BCUT2D eigenvalue weighted by Crippen LogP contribution is 2.31. The van der Waals surface area contributed by atoms with Gasteiger partial charge in [0.1, 0.15) is 0 Å². The van der Waals surface area contributed by atoms with Gasteiger partial charge in [-0.2, -0.15) is 0 Å². The molecule has 5 nitrogen and oxygen atoms in total. The Morgan fingerprint density at radius 1 is 1.32 bits per heavy atom. The molecule has 0 aliphatic carbocycles. The molecule has 22 heavy (non-hydrogen) atoms. The van der Waals surface area contributed by atoms with Crippen molar-refractivity contribution in [3.05, 3.63) is 24.3 Å². The maximum atomic E-state index is 12.0. The number of hydrogen-bond acceptors (Lipinski definition) is 5. The van der Waals surface area contributed by atoms with E-state index in [9.17, 15) is 8.42 Å². The summed E-state index contributed by atoms with van der Waals surface area (Å²) < 4.78 is 26.7. The van der Waals surface area contributed by atoms with Crippen LogP contribution in [0.3, 0.4) is 0 Å². The number of thiazole rings is 1. The van der Waals surface area contributed by atoms with E-state index in [2.05, 4.69) is 16.0 Å². The minimum Gasteiger partial charge on any atom is -0.348 e. The normalized spacial score (nSPS) is 17.5. The second kappa shape index (κ2) is 6.14. The van der Waals surface area contributed by atoms with Crippen LogP contribution in [0.4, 0.5) is 5.13 Å². The molecule has 1 fully saturated rings. The molecule has 0 amide bonds. The fourth-order valence-corrected chi connectivity index (χ4v) is 4.94. The predicted molar refractivity (Wildman–Crippen MR) is 92.1 cm³/mol. The van der Waals surface area contributed by atoms with E-state index in [4.69, 9.17) is 0 Å². The first kappa shape index (κ1) is 15.7. The van der Waals surface area contributed by atoms with Crippen molar-refractivity contribution in [3.63, 3.8) is 0 Å². The van der Waals surface area contributed by atoms with Gasteiger partial charge in [-0.25, -0.2) is 17.7 Å². The number of aromatic nitrogens is 1. The summed E-state index contributed by atoms with van der Waals surface area (Å²) in [5.74, 6) is 0.168. The summed E-state index contributed by atoms with van der Waals surface area (Å²) in [6.07, 6.45) is 1.71. The number of sulfonamides is 1. The van der Waals surface area contributed by atoms with E-state index in [1.54, 1.807) is 29.6 Å². The average molecular weight is 339 g/mol. The van der Waals surface area contributed by atoms with E-state index in [-0.39, 0.29) is 11.8 Å². The van der Waals surface area contributed by atoms with Crippen LogP contribution in [-0.4, -0.2) is 49.6 Å². The standard InChI is InChI=1S/C15H21N3O2S2/c1-3-22(19,20)17(2)12-8-10-18(11-9-12)15-16-13-6-4-5-7-14(13)21-15/h4-7,12H,3,8-11H2,1-2H3. The molecule has 1 aliphatic heterocycles. The van der Waals surface area contributed by atoms with Crippen LogP contribution >= 0.6 is 11.3 Å². The summed E-state index contributed by atoms with van der Waals surface area (Å²) in [6.45, 7) is 3.41. The van der Waals surface area contributed by atoms with Crippen LogP contribution in [0, 0.1) is 0 Å². The zero-order chi connectivity index (χ0) is 15.7. The Bertz CT molecular complexity index is 716. The monoisotopic (exact) mass is 339 g/mol. The van der Waals surface area contributed by atoms with Crippen LogP contribution in [0.5, 0.6) is 0 Å². The second-order valence-corrected chi connectivity index (χ2v) is 8.93. The molecule has 0 bridgehead atoms. The average Bonchev–Trinajstić information content (AvgIpc) is 2.98. The Balaban J connectivity index is 1.69. The molecule has 0 spiro atoms. The third kappa shape index (κ3) is 2.98. The fraction of sp³-hybridized carbons (Fsp3) is 0.533. The van der Waals surface area contributed by atoms with Gasteiger partial charge in [0.05, 0.1) is 16.0 Å². The molecule has 7 heteroatoms. The largest absolute Gasteiger partial charge is 0.348 e. The summed E-state index contributed by atoms with van der Waals surface area (Å²) in [5.41, 5.74) is 1.04. The third-order valence-electron chi connectivity index (χ3n) is 4.34. The molecular formula is C15H21N3O2S2. The highest BCUT2D eigenvalue weighted by molar-refractivity contribution is 7.89. The molecule has 0 saturated carbocycles. The van der Waals surface area contributed by atoms with Crippen molar-refractivity contribution in [3.8, 4) is 0 Å². The fourth-order valence-electron chi connectivity index (χ4n) is 2.85. The Morgan fingerprint density at radius 3 is 2.64 bits per heavy atom. The van der Waals surface area contributed by atoms with E-state index < -0.39 is 10.0 Å². The van der Waals surface area contributed by atoms with E-state index in [0.29, 0.717) is 0 Å². The van der Waals surface area contributed by atoms with E-state index in [1.165, 1.54) is 4.70 Å². The van der Waals surface area contributed by atoms with Crippen molar-refractivity contribution < 1.29 is 8.42 Å². The lowest BCUT2D eigenvalue weighted by Crippen LogP contribution is -2.46. The first-order valence-corrected chi connectivity index (χ1v) is 10.00. The van der Waals surface area contributed by atoms with Crippen LogP contribution in [-0.2, 0) is 10.0 Å². The number of nitrogens with zero attached hydrogens (tertiary/aromatic N) is 3. The lowest BCUT2D eigenvalue weighted by molar-refractivity contribution is 0.312. The Kier molecular flexibility index (Phi) is 4.38. The zero-order valence-corrected chi connectivity index (χ0v) is 14.5. The van der Waals surface area contributed by atoms with Crippen molar-refractivity contribution >= 4 is 36.7 Å². The van der Waals surface area contributed by atoms with Crippen molar-refractivity contribution in [1.29, 1.82) is 0 Å². The molecule has 0 N–H and O–H groups in total. The third-order valence-corrected chi connectivity index (χ3v) is 7.34. The summed E-state index contributed by atoms with van der Waals surface area (Å²) in [6, 6.07) is 8.26. The first-order valence-electron chi connectivity index (χ1n) is 7.57.